The largest absolute Gasteiger partial charge is 0.490 e. The number of aromatic nitrogens is 1. The molecule has 1 amide bonds. The summed E-state index contributed by atoms with van der Waals surface area (Å²) in [7, 11) is -1.44. The molecule has 1 aliphatic rings. The Balaban J connectivity index is 0.000000559. The number of carboxylic acids is 1. The number of sulfonamides is 1. The monoisotopic (exact) mass is 586 g/mol. The van der Waals surface area contributed by atoms with Gasteiger partial charge >= 0.3 is 12.1 Å². The van der Waals surface area contributed by atoms with E-state index >= 15 is 0 Å². The van der Waals surface area contributed by atoms with Gasteiger partial charge in [0.2, 0.25) is 10.0 Å². The lowest BCUT2D eigenvalue weighted by Gasteiger charge is -2.31. The molecule has 2 heterocycles. The molecule has 218 valence electrons. The number of hydrogen-bond donors (Lipinski definition) is 4. The van der Waals surface area contributed by atoms with E-state index in [1.807, 2.05) is 12.3 Å². The fourth-order valence-electron chi connectivity index (χ4n) is 4.66. The highest BCUT2D eigenvalue weighted by Gasteiger charge is 2.38. The van der Waals surface area contributed by atoms with Crippen molar-refractivity contribution in [1.29, 1.82) is 0 Å². The normalized spacial score (nSPS) is 15.1. The number of H-pyrrole nitrogens is 1. The second-order valence-corrected chi connectivity index (χ2v) is 11.5. The minimum absolute atomic E-state index is 0.100. The molecule has 40 heavy (non-hydrogen) atoms. The second kappa shape index (κ2) is 12.4. The van der Waals surface area contributed by atoms with Crippen molar-refractivity contribution in [1.82, 2.24) is 14.6 Å². The number of aliphatic carboxylic acids is 1. The van der Waals surface area contributed by atoms with Gasteiger partial charge in [-0.2, -0.15) is 13.2 Å². The van der Waals surface area contributed by atoms with Crippen molar-refractivity contribution >= 4 is 32.8 Å². The Hall–Kier alpha value is -3.49. The summed E-state index contributed by atoms with van der Waals surface area (Å²) in [6.45, 7) is 2.99. The van der Waals surface area contributed by atoms with Gasteiger partial charge in [0.15, 0.2) is 0 Å². The average molecular weight is 587 g/mol. The van der Waals surface area contributed by atoms with Crippen LogP contribution in [-0.2, 0) is 21.4 Å². The van der Waals surface area contributed by atoms with Crippen LogP contribution in [0.1, 0.15) is 47.2 Å². The molecular weight excluding hydrogens is 556 g/mol. The number of primary amides is 1. The number of aromatic amines is 1. The first kappa shape index (κ1) is 31.0. The topological polar surface area (TPSA) is 146 Å². The lowest BCUT2D eigenvalue weighted by Crippen LogP contribution is -2.38. The van der Waals surface area contributed by atoms with Gasteiger partial charge < -0.3 is 21.1 Å². The number of halogens is 4. The van der Waals surface area contributed by atoms with Crippen LogP contribution in [0.4, 0.5) is 17.6 Å². The summed E-state index contributed by atoms with van der Waals surface area (Å²) < 4.78 is 71.9. The van der Waals surface area contributed by atoms with Crippen LogP contribution in [-0.4, -0.2) is 66.8 Å². The van der Waals surface area contributed by atoms with Crippen molar-refractivity contribution in [2.45, 2.75) is 38.4 Å². The van der Waals surface area contributed by atoms with Gasteiger partial charge in [0.1, 0.15) is 5.82 Å². The van der Waals surface area contributed by atoms with E-state index < -0.39 is 28.1 Å². The van der Waals surface area contributed by atoms with E-state index in [9.17, 15) is 30.8 Å². The van der Waals surface area contributed by atoms with E-state index in [0.29, 0.717) is 49.1 Å². The number of benzene rings is 2. The number of rotatable bonds is 7. The third-order valence-electron chi connectivity index (χ3n) is 6.73. The van der Waals surface area contributed by atoms with Gasteiger partial charge in [-0.05, 0) is 73.7 Å². The van der Waals surface area contributed by atoms with Crippen molar-refractivity contribution in [3.8, 4) is 11.1 Å². The zero-order valence-electron chi connectivity index (χ0n) is 21.8. The summed E-state index contributed by atoms with van der Waals surface area (Å²) >= 11 is 0. The van der Waals surface area contributed by atoms with Gasteiger partial charge in [0, 0.05) is 36.8 Å². The summed E-state index contributed by atoms with van der Waals surface area (Å²) in [4.78, 5) is 24.4. The summed E-state index contributed by atoms with van der Waals surface area (Å²) in [5, 5.41) is 11.0. The molecule has 3 aromatic rings. The lowest BCUT2D eigenvalue weighted by molar-refractivity contribution is -0.192. The SMILES string of the molecule is CCS(=O)(=O)N1CCC(c2c[nH]c3c(C(N)=O)cc(-c4ccc(F)c(CNC)c4)cc23)CC1.O=C(O)C(F)(F)F. The number of amides is 1. The molecule has 2 aromatic carbocycles. The van der Waals surface area contributed by atoms with Crippen LogP contribution in [0.25, 0.3) is 22.0 Å². The smallest absolute Gasteiger partial charge is 0.475 e. The van der Waals surface area contributed by atoms with Crippen molar-refractivity contribution in [2.24, 2.45) is 5.73 Å². The number of nitrogens with zero attached hydrogens (tertiary/aromatic N) is 1. The molecule has 1 fully saturated rings. The van der Waals surface area contributed by atoms with Crippen LogP contribution in [0.5, 0.6) is 0 Å². The molecule has 14 heteroatoms. The average Bonchev–Trinajstić information content (AvgIpc) is 3.33. The molecule has 9 nitrogen and oxygen atoms in total. The summed E-state index contributed by atoms with van der Waals surface area (Å²) in [5.41, 5.74) is 9.89. The van der Waals surface area contributed by atoms with Crippen LogP contribution in [0.3, 0.4) is 0 Å². The Morgan fingerprint density at radius 1 is 1.15 bits per heavy atom. The van der Waals surface area contributed by atoms with Crippen molar-refractivity contribution in [3.63, 3.8) is 0 Å². The Kier molecular flexibility index (Phi) is 9.59. The maximum Gasteiger partial charge on any atom is 0.490 e. The Morgan fingerprint density at radius 3 is 2.30 bits per heavy atom. The first-order chi connectivity index (χ1) is 18.7. The number of nitrogens with two attached hydrogens (primary N) is 1. The van der Waals surface area contributed by atoms with E-state index in [2.05, 4.69) is 10.3 Å². The molecule has 1 aliphatic heterocycles. The van der Waals surface area contributed by atoms with Gasteiger partial charge in [0.05, 0.1) is 16.8 Å². The molecule has 0 aliphatic carbocycles. The van der Waals surface area contributed by atoms with Crippen molar-refractivity contribution < 1.29 is 40.7 Å². The highest BCUT2D eigenvalue weighted by Crippen LogP contribution is 2.37. The van der Waals surface area contributed by atoms with Crippen LogP contribution in [0.2, 0.25) is 0 Å². The maximum absolute atomic E-state index is 14.2. The molecule has 0 spiro atoms. The summed E-state index contributed by atoms with van der Waals surface area (Å²) in [6, 6.07) is 8.63. The molecule has 4 rings (SSSR count). The predicted molar refractivity (Wildman–Crippen MR) is 142 cm³/mol. The van der Waals surface area contributed by atoms with E-state index in [-0.39, 0.29) is 17.5 Å². The molecule has 5 N–H and O–H groups in total. The number of carbonyl (C=O) groups is 2. The van der Waals surface area contributed by atoms with Gasteiger partial charge in [-0.3, -0.25) is 4.79 Å². The minimum atomic E-state index is -5.08. The quantitative estimate of drug-likeness (QED) is 0.309. The van der Waals surface area contributed by atoms with Crippen LogP contribution < -0.4 is 11.1 Å². The molecule has 0 radical (unpaired) electrons. The van der Waals surface area contributed by atoms with E-state index in [1.165, 1.54) is 6.07 Å². The third-order valence-corrected chi connectivity index (χ3v) is 8.61. The number of fused-ring (bicyclic) bond motifs is 1. The Bertz CT molecular complexity index is 1500. The maximum atomic E-state index is 14.2. The lowest BCUT2D eigenvalue weighted by atomic mass is 9.88. The van der Waals surface area contributed by atoms with Gasteiger partial charge in [0.25, 0.3) is 5.91 Å². The highest BCUT2D eigenvalue weighted by atomic mass is 32.2. The summed E-state index contributed by atoms with van der Waals surface area (Å²) in [6.07, 6.45) is -1.79. The molecule has 0 bridgehead atoms. The standard InChI is InChI=1S/C24H29FN4O3S.C2HF3O2/c1-3-33(31,32)29-8-6-15(7-9-29)21-14-28-23-19(21)11-17(12-20(23)24(26)30)16-4-5-22(25)18(10-16)13-27-2;3-2(4,5)1(6)7/h4-5,10-12,14-15,27-28H,3,6-9,13H2,1-2H3,(H2,26,30);(H,6,7). The van der Waals surface area contributed by atoms with Crippen LogP contribution in [0.15, 0.2) is 36.5 Å². The second-order valence-electron chi connectivity index (χ2n) is 9.27. The molecule has 0 atom stereocenters. The number of nitrogens with one attached hydrogen (secondary N) is 2. The first-order valence-corrected chi connectivity index (χ1v) is 14.0. The van der Waals surface area contributed by atoms with E-state index in [4.69, 9.17) is 15.6 Å². The Labute approximate surface area is 228 Å². The number of hydrogen-bond acceptors (Lipinski definition) is 5. The highest BCUT2D eigenvalue weighted by molar-refractivity contribution is 7.89. The van der Waals surface area contributed by atoms with Gasteiger partial charge in [-0.1, -0.05) is 6.07 Å². The van der Waals surface area contributed by atoms with Crippen molar-refractivity contribution in [2.75, 3.05) is 25.9 Å². The number of carboxylic acid groups (broad SMARTS) is 1. The van der Waals surface area contributed by atoms with Gasteiger partial charge in [-0.25, -0.2) is 21.9 Å². The zero-order valence-corrected chi connectivity index (χ0v) is 22.6. The molecule has 0 saturated carbocycles. The first-order valence-electron chi connectivity index (χ1n) is 12.4. The Morgan fingerprint density at radius 2 is 1.77 bits per heavy atom. The minimum Gasteiger partial charge on any atom is -0.475 e. The van der Waals surface area contributed by atoms with Crippen molar-refractivity contribution in [3.05, 3.63) is 59.0 Å². The molecule has 1 saturated heterocycles. The molecule has 1 aromatic heterocycles. The summed E-state index contributed by atoms with van der Waals surface area (Å²) in [5.74, 6) is -3.33. The zero-order chi connectivity index (χ0) is 29.8. The number of carbonyl (C=O) groups excluding carboxylic acids is 1. The molecule has 0 unspecified atom stereocenters. The fourth-order valence-corrected chi connectivity index (χ4v) is 5.79. The predicted octanol–water partition coefficient (Wildman–Crippen LogP) is 3.95. The van der Waals surface area contributed by atoms with Crippen LogP contribution in [0, 0.1) is 5.82 Å². The number of piperidine rings is 1. The number of alkyl halides is 3. The van der Waals surface area contributed by atoms with E-state index in [1.54, 1.807) is 36.5 Å². The third kappa shape index (κ3) is 6.98. The molecular formula is C26H30F4N4O5S. The van der Waals surface area contributed by atoms with Crippen LogP contribution >= 0.6 is 0 Å². The van der Waals surface area contributed by atoms with Gasteiger partial charge in [-0.15, -0.1) is 0 Å². The van der Waals surface area contributed by atoms with E-state index in [0.717, 1.165) is 22.1 Å². The fraction of sp³-hybridized carbons (Fsp3) is 0.385.